The van der Waals surface area contributed by atoms with Crippen LogP contribution >= 0.6 is 0 Å². The van der Waals surface area contributed by atoms with Crippen LogP contribution in [0.3, 0.4) is 0 Å². The quantitative estimate of drug-likeness (QED) is 0.574. The van der Waals surface area contributed by atoms with Crippen LogP contribution in [0.4, 0.5) is 5.82 Å². The number of nitrogens with one attached hydrogen (secondary N) is 2. The Labute approximate surface area is 171 Å². The maximum atomic E-state index is 13.0. The van der Waals surface area contributed by atoms with Crippen LogP contribution in [0, 0.1) is 0 Å². The van der Waals surface area contributed by atoms with E-state index in [1.54, 1.807) is 24.3 Å². The third kappa shape index (κ3) is 3.14. The molecule has 0 fully saturated rings. The summed E-state index contributed by atoms with van der Waals surface area (Å²) in [5.74, 6) is -1.96. The molecule has 2 aromatic carbocycles. The van der Waals surface area contributed by atoms with Gasteiger partial charge < -0.3 is 11.1 Å². The van der Waals surface area contributed by atoms with Crippen molar-refractivity contribution in [3.8, 4) is 5.69 Å². The van der Waals surface area contributed by atoms with E-state index < -0.39 is 23.3 Å². The van der Waals surface area contributed by atoms with Crippen molar-refractivity contribution in [1.29, 1.82) is 0 Å². The van der Waals surface area contributed by atoms with Gasteiger partial charge in [-0.15, -0.1) is 0 Å². The molecule has 0 saturated heterocycles. The molecule has 8 heteroatoms. The van der Waals surface area contributed by atoms with E-state index in [9.17, 15) is 19.2 Å². The Kier molecular flexibility index (Phi) is 4.67. The summed E-state index contributed by atoms with van der Waals surface area (Å²) in [5.41, 5.74) is 6.68. The Bertz CT molecular complexity index is 1250. The molecule has 1 atom stereocenters. The van der Waals surface area contributed by atoms with Crippen LogP contribution in [0.25, 0.3) is 5.69 Å². The van der Waals surface area contributed by atoms with E-state index >= 15 is 0 Å². The zero-order valence-electron chi connectivity index (χ0n) is 16.0. The number of nitrogens with two attached hydrogens (primary N) is 1. The number of hydrogen-bond donors (Lipinski definition) is 3. The van der Waals surface area contributed by atoms with Crippen molar-refractivity contribution in [3.63, 3.8) is 0 Å². The maximum absolute atomic E-state index is 13.0. The number of benzene rings is 2. The summed E-state index contributed by atoms with van der Waals surface area (Å²) in [6, 6.07) is 16.6. The van der Waals surface area contributed by atoms with Gasteiger partial charge in [-0.1, -0.05) is 42.5 Å². The number of fused-ring (bicyclic) bond motifs is 1. The van der Waals surface area contributed by atoms with E-state index in [0.29, 0.717) is 0 Å². The highest BCUT2D eigenvalue weighted by atomic mass is 16.2. The first-order valence-electron chi connectivity index (χ1n) is 9.25. The minimum atomic E-state index is -0.680. The molecule has 1 aliphatic heterocycles. The molecule has 1 unspecified atom stereocenters. The van der Waals surface area contributed by atoms with Gasteiger partial charge in [0.25, 0.3) is 23.3 Å². The van der Waals surface area contributed by atoms with Gasteiger partial charge in [-0.25, -0.2) is 0 Å². The van der Waals surface area contributed by atoms with Gasteiger partial charge in [-0.3, -0.25) is 29.1 Å². The van der Waals surface area contributed by atoms with Crippen molar-refractivity contribution in [2.24, 2.45) is 0 Å². The lowest BCUT2D eigenvalue weighted by Gasteiger charge is -2.18. The molecule has 150 valence electrons. The highest BCUT2D eigenvalue weighted by Crippen LogP contribution is 2.25. The molecule has 2 heterocycles. The van der Waals surface area contributed by atoms with Gasteiger partial charge in [-0.2, -0.15) is 0 Å². The molecule has 1 aliphatic rings. The van der Waals surface area contributed by atoms with Gasteiger partial charge in [-0.05, 0) is 24.6 Å². The second kappa shape index (κ2) is 7.32. The standard InChI is InChI=1S/C22H18N4O4/c1-12(13-7-3-2-4-8-13)24-20(28)14-9-5-6-10-16(14)26-17(27)11-15-18(19(26)23)22(30)25-21(15)29/h2-12H,23H2,1H3,(H,24,28)(H,25,29,30). The number of rotatable bonds is 4. The van der Waals surface area contributed by atoms with Crippen molar-refractivity contribution in [3.05, 3.63) is 93.3 Å². The van der Waals surface area contributed by atoms with Crippen molar-refractivity contribution in [2.75, 3.05) is 5.73 Å². The fraction of sp³-hybridized carbons (Fsp3) is 0.0909. The zero-order chi connectivity index (χ0) is 21.4. The molecular weight excluding hydrogens is 384 g/mol. The van der Waals surface area contributed by atoms with E-state index in [4.69, 9.17) is 5.73 Å². The number of nitrogens with zero attached hydrogens (tertiary/aromatic N) is 1. The lowest BCUT2D eigenvalue weighted by molar-refractivity contribution is 0.0877. The highest BCUT2D eigenvalue weighted by molar-refractivity contribution is 6.23. The Hall–Kier alpha value is -4.20. The number of hydrogen-bond acceptors (Lipinski definition) is 5. The molecule has 0 spiro atoms. The number of nitrogen functional groups attached to an aromatic ring is 1. The summed E-state index contributed by atoms with van der Waals surface area (Å²) in [4.78, 5) is 49.7. The molecule has 4 N–H and O–H groups in total. The smallest absolute Gasteiger partial charge is 0.262 e. The van der Waals surface area contributed by atoms with Gasteiger partial charge in [0.15, 0.2) is 0 Å². The third-order valence-electron chi connectivity index (χ3n) is 4.99. The molecule has 0 aliphatic carbocycles. The zero-order valence-corrected chi connectivity index (χ0v) is 16.0. The number of imide groups is 1. The molecule has 0 radical (unpaired) electrons. The second-order valence-corrected chi connectivity index (χ2v) is 6.90. The first kappa shape index (κ1) is 19.1. The van der Waals surface area contributed by atoms with Crippen LogP contribution in [0.5, 0.6) is 0 Å². The Balaban J connectivity index is 1.78. The van der Waals surface area contributed by atoms with Gasteiger partial charge >= 0.3 is 0 Å². The summed E-state index contributed by atoms with van der Waals surface area (Å²) in [6.07, 6.45) is 0. The third-order valence-corrected chi connectivity index (χ3v) is 4.99. The topological polar surface area (TPSA) is 123 Å². The molecule has 3 amide bonds. The van der Waals surface area contributed by atoms with Gasteiger partial charge in [0.2, 0.25) is 0 Å². The number of amides is 3. The molecule has 30 heavy (non-hydrogen) atoms. The summed E-state index contributed by atoms with van der Waals surface area (Å²) in [6.45, 7) is 1.85. The minimum Gasteiger partial charge on any atom is -0.384 e. The van der Waals surface area contributed by atoms with Crippen molar-refractivity contribution < 1.29 is 14.4 Å². The average Bonchev–Trinajstić information content (AvgIpc) is 3.02. The lowest BCUT2D eigenvalue weighted by Crippen LogP contribution is -2.30. The van der Waals surface area contributed by atoms with Gasteiger partial charge in [0.05, 0.1) is 28.4 Å². The monoisotopic (exact) mass is 402 g/mol. The fourth-order valence-corrected chi connectivity index (χ4v) is 3.49. The molecule has 4 rings (SSSR count). The predicted octanol–water partition coefficient (Wildman–Crippen LogP) is 1.79. The second-order valence-electron chi connectivity index (χ2n) is 6.90. The largest absolute Gasteiger partial charge is 0.384 e. The Morgan fingerprint density at radius 2 is 1.67 bits per heavy atom. The summed E-state index contributed by atoms with van der Waals surface area (Å²) < 4.78 is 1.07. The molecule has 1 aromatic heterocycles. The average molecular weight is 402 g/mol. The number of pyridine rings is 1. The summed E-state index contributed by atoms with van der Waals surface area (Å²) >= 11 is 0. The van der Waals surface area contributed by atoms with E-state index in [2.05, 4.69) is 10.6 Å². The number of aromatic nitrogens is 1. The minimum absolute atomic E-state index is 0.0709. The first-order valence-corrected chi connectivity index (χ1v) is 9.25. The van der Waals surface area contributed by atoms with Gasteiger partial charge in [0, 0.05) is 6.07 Å². The van der Waals surface area contributed by atoms with E-state index in [0.717, 1.165) is 16.2 Å². The number of carbonyl (C=O) groups excluding carboxylic acids is 3. The number of carbonyl (C=O) groups is 3. The van der Waals surface area contributed by atoms with E-state index in [-0.39, 0.29) is 34.2 Å². The fourth-order valence-electron chi connectivity index (χ4n) is 3.49. The predicted molar refractivity (Wildman–Crippen MR) is 111 cm³/mol. The molecule has 8 nitrogen and oxygen atoms in total. The van der Waals surface area contributed by atoms with Crippen LogP contribution in [0.1, 0.15) is 49.6 Å². The number of anilines is 1. The molecular formula is C22H18N4O4. The molecule has 0 bridgehead atoms. The van der Waals surface area contributed by atoms with Crippen molar-refractivity contribution in [2.45, 2.75) is 13.0 Å². The van der Waals surface area contributed by atoms with Crippen LogP contribution < -0.4 is 21.9 Å². The summed E-state index contributed by atoms with van der Waals surface area (Å²) in [7, 11) is 0. The first-order chi connectivity index (χ1) is 14.4. The van der Waals surface area contributed by atoms with Crippen LogP contribution in [0.2, 0.25) is 0 Å². The van der Waals surface area contributed by atoms with Crippen LogP contribution in [-0.4, -0.2) is 22.3 Å². The normalized spacial score (nSPS) is 13.5. The highest BCUT2D eigenvalue weighted by Gasteiger charge is 2.32. The Morgan fingerprint density at radius 1 is 1.00 bits per heavy atom. The molecule has 0 saturated carbocycles. The number of para-hydroxylation sites is 1. The van der Waals surface area contributed by atoms with Gasteiger partial charge in [0.1, 0.15) is 5.82 Å². The van der Waals surface area contributed by atoms with Crippen LogP contribution in [0.15, 0.2) is 65.5 Å². The maximum Gasteiger partial charge on any atom is 0.262 e. The van der Waals surface area contributed by atoms with Crippen molar-refractivity contribution in [1.82, 2.24) is 15.2 Å². The Morgan fingerprint density at radius 3 is 2.40 bits per heavy atom. The summed E-state index contributed by atoms with van der Waals surface area (Å²) in [5, 5.41) is 5.02. The lowest BCUT2D eigenvalue weighted by atomic mass is 10.1. The van der Waals surface area contributed by atoms with E-state index in [1.807, 2.05) is 37.3 Å². The SMILES string of the molecule is CC(NC(=O)c1ccccc1-n1c(N)c2c(cc1=O)C(=O)NC2=O)c1ccccc1. The molecule has 3 aromatic rings. The van der Waals surface area contributed by atoms with Crippen LogP contribution in [-0.2, 0) is 0 Å². The van der Waals surface area contributed by atoms with E-state index in [1.165, 1.54) is 0 Å². The van der Waals surface area contributed by atoms with Crippen molar-refractivity contribution >= 4 is 23.5 Å².